The highest BCUT2D eigenvalue weighted by Gasteiger charge is 2.35. The number of allylic oxidation sites excluding steroid dienone is 1. The lowest BCUT2D eigenvalue weighted by atomic mass is 9.83. The van der Waals surface area contributed by atoms with Crippen LogP contribution < -0.4 is 0 Å². The van der Waals surface area contributed by atoms with Gasteiger partial charge in [0.15, 0.2) is 5.78 Å². The first kappa shape index (κ1) is 12.8. The van der Waals surface area contributed by atoms with Crippen LogP contribution in [0, 0.1) is 12.8 Å². The van der Waals surface area contributed by atoms with Crippen molar-refractivity contribution in [1.82, 2.24) is 9.88 Å². The number of H-pyrrole nitrogens is 1. The molecule has 108 valence electrons. The standard InChI is InChI=1S/C18H20N2O/c1-3-12-9-20-7-6-13(12)18(21)17-15(10-20)14-8-11(2)4-5-16(14)19-17/h3-5,8,13,19H,6-7,9-10H2,1-2H3/b12-3-/t13-/m0/s1. The second kappa shape index (κ2) is 4.57. The van der Waals surface area contributed by atoms with Gasteiger partial charge in [-0.05, 0) is 44.5 Å². The Hall–Kier alpha value is -1.87. The maximum atomic E-state index is 13.0. The number of hydrogen-bond donors (Lipinski definition) is 1. The number of hydrogen-bond acceptors (Lipinski definition) is 2. The van der Waals surface area contributed by atoms with Crippen molar-refractivity contribution in [3.63, 3.8) is 0 Å². The molecule has 2 bridgehead atoms. The summed E-state index contributed by atoms with van der Waals surface area (Å²) in [6, 6.07) is 6.39. The Kier molecular flexibility index (Phi) is 2.79. The van der Waals surface area contributed by atoms with E-state index in [4.69, 9.17) is 0 Å². The molecule has 1 N–H and O–H groups in total. The highest BCUT2D eigenvalue weighted by Crippen LogP contribution is 2.35. The van der Waals surface area contributed by atoms with Crippen LogP contribution in [0.15, 0.2) is 29.8 Å². The van der Waals surface area contributed by atoms with Crippen LogP contribution in [0.4, 0.5) is 0 Å². The molecule has 3 heteroatoms. The highest BCUT2D eigenvalue weighted by atomic mass is 16.1. The maximum absolute atomic E-state index is 13.0. The Labute approximate surface area is 124 Å². The summed E-state index contributed by atoms with van der Waals surface area (Å²) in [5, 5.41) is 1.22. The molecule has 0 amide bonds. The number of aromatic amines is 1. The third kappa shape index (κ3) is 1.88. The van der Waals surface area contributed by atoms with Crippen molar-refractivity contribution in [1.29, 1.82) is 0 Å². The summed E-state index contributed by atoms with van der Waals surface area (Å²) in [5.74, 6) is 0.353. The lowest BCUT2D eigenvalue weighted by Gasteiger charge is -2.36. The first-order valence-corrected chi connectivity index (χ1v) is 7.70. The molecule has 3 aliphatic heterocycles. The number of ketones is 1. The summed E-state index contributed by atoms with van der Waals surface area (Å²) in [4.78, 5) is 18.8. The third-order valence-corrected chi connectivity index (χ3v) is 4.96. The minimum absolute atomic E-state index is 0.0689. The molecule has 3 aliphatic rings. The largest absolute Gasteiger partial charge is 0.352 e. The molecular formula is C18H20N2O. The van der Waals surface area contributed by atoms with Gasteiger partial charge in [0.2, 0.25) is 0 Å². The van der Waals surface area contributed by atoms with Gasteiger partial charge in [-0.3, -0.25) is 9.69 Å². The smallest absolute Gasteiger partial charge is 0.186 e. The number of rotatable bonds is 0. The van der Waals surface area contributed by atoms with E-state index >= 15 is 0 Å². The van der Waals surface area contributed by atoms with Crippen molar-refractivity contribution in [2.45, 2.75) is 26.8 Å². The Bertz CT molecular complexity index is 769. The van der Waals surface area contributed by atoms with Crippen LogP contribution in [0.3, 0.4) is 0 Å². The molecule has 0 spiro atoms. The third-order valence-electron chi connectivity index (χ3n) is 4.96. The number of benzene rings is 1. The zero-order chi connectivity index (χ0) is 14.6. The minimum atomic E-state index is 0.0689. The van der Waals surface area contributed by atoms with Gasteiger partial charge >= 0.3 is 0 Å². The maximum Gasteiger partial charge on any atom is 0.186 e. The Morgan fingerprint density at radius 1 is 1.33 bits per heavy atom. The number of aryl methyl sites for hydroxylation is 1. The molecule has 2 aromatic rings. The van der Waals surface area contributed by atoms with E-state index in [1.807, 2.05) is 0 Å². The number of fused-ring (bicyclic) bond motifs is 3. The second-order valence-electron chi connectivity index (χ2n) is 6.31. The van der Waals surface area contributed by atoms with E-state index in [1.54, 1.807) is 0 Å². The van der Waals surface area contributed by atoms with Crippen molar-refractivity contribution in [2.24, 2.45) is 5.92 Å². The molecule has 1 unspecified atom stereocenters. The Morgan fingerprint density at radius 3 is 3.00 bits per heavy atom. The van der Waals surface area contributed by atoms with E-state index in [-0.39, 0.29) is 11.7 Å². The van der Waals surface area contributed by atoms with E-state index in [9.17, 15) is 4.79 Å². The predicted octanol–water partition coefficient (Wildman–Crippen LogP) is 3.44. The first-order valence-electron chi connectivity index (χ1n) is 7.70. The highest BCUT2D eigenvalue weighted by molar-refractivity contribution is 6.05. The quantitative estimate of drug-likeness (QED) is 0.750. The van der Waals surface area contributed by atoms with Crippen LogP contribution >= 0.6 is 0 Å². The first-order chi connectivity index (χ1) is 10.2. The number of Topliss-reactive ketones (excluding diaryl/α,β-unsaturated/α-hetero) is 1. The molecule has 1 aromatic carbocycles. The number of carbonyl (C=O) groups excluding carboxylic acids is 1. The molecule has 1 aromatic heterocycles. The summed E-state index contributed by atoms with van der Waals surface area (Å²) in [6.45, 7) is 6.98. The van der Waals surface area contributed by atoms with Crippen LogP contribution in [0.5, 0.6) is 0 Å². The van der Waals surface area contributed by atoms with E-state index in [0.29, 0.717) is 0 Å². The zero-order valence-corrected chi connectivity index (χ0v) is 12.6. The van der Waals surface area contributed by atoms with E-state index in [2.05, 4.69) is 48.0 Å². The van der Waals surface area contributed by atoms with Gasteiger partial charge in [-0.15, -0.1) is 0 Å². The van der Waals surface area contributed by atoms with Gasteiger partial charge in [-0.25, -0.2) is 0 Å². The summed E-state index contributed by atoms with van der Waals surface area (Å²) >= 11 is 0. The minimum Gasteiger partial charge on any atom is -0.352 e. The van der Waals surface area contributed by atoms with Gasteiger partial charge in [0, 0.05) is 35.5 Å². The van der Waals surface area contributed by atoms with Crippen LogP contribution in [0.1, 0.15) is 35.0 Å². The summed E-state index contributed by atoms with van der Waals surface area (Å²) in [6.07, 6.45) is 3.08. The molecule has 2 atom stereocenters. The van der Waals surface area contributed by atoms with Crippen molar-refractivity contribution in [2.75, 3.05) is 13.1 Å². The fourth-order valence-corrected chi connectivity index (χ4v) is 3.81. The molecular weight excluding hydrogens is 260 g/mol. The van der Waals surface area contributed by atoms with E-state index in [1.165, 1.54) is 22.1 Å². The monoisotopic (exact) mass is 280 g/mol. The van der Waals surface area contributed by atoms with Crippen LogP contribution in [0.2, 0.25) is 0 Å². The van der Waals surface area contributed by atoms with E-state index < -0.39 is 0 Å². The van der Waals surface area contributed by atoms with Gasteiger partial charge in [-0.1, -0.05) is 17.7 Å². The van der Waals surface area contributed by atoms with E-state index in [0.717, 1.165) is 37.3 Å². The molecule has 21 heavy (non-hydrogen) atoms. The number of aromatic nitrogens is 1. The van der Waals surface area contributed by atoms with Crippen LogP contribution in [-0.2, 0) is 6.54 Å². The lowest BCUT2D eigenvalue weighted by Crippen LogP contribution is -2.40. The van der Waals surface area contributed by atoms with Gasteiger partial charge in [0.1, 0.15) is 0 Å². The topological polar surface area (TPSA) is 36.1 Å². The average Bonchev–Trinajstić information content (AvgIpc) is 2.82. The molecule has 1 saturated heterocycles. The van der Waals surface area contributed by atoms with Gasteiger partial charge < -0.3 is 4.98 Å². The van der Waals surface area contributed by atoms with Crippen LogP contribution in [-0.4, -0.2) is 28.8 Å². The number of piperidine rings is 1. The van der Waals surface area contributed by atoms with Crippen molar-refractivity contribution in [3.8, 4) is 0 Å². The van der Waals surface area contributed by atoms with Crippen LogP contribution in [0.25, 0.3) is 10.9 Å². The number of carbonyl (C=O) groups is 1. The fraction of sp³-hybridized carbons (Fsp3) is 0.389. The molecule has 0 aliphatic carbocycles. The second-order valence-corrected chi connectivity index (χ2v) is 6.31. The predicted molar refractivity (Wildman–Crippen MR) is 84.5 cm³/mol. The average molecular weight is 280 g/mol. The number of nitrogens with one attached hydrogen (secondary N) is 1. The molecule has 1 fully saturated rings. The molecule has 0 radical (unpaired) electrons. The summed E-state index contributed by atoms with van der Waals surface area (Å²) in [5.41, 5.74) is 5.64. The number of nitrogens with zero attached hydrogens (tertiary/aromatic N) is 1. The zero-order valence-electron chi connectivity index (χ0n) is 12.6. The normalized spacial score (nSPS) is 27.0. The van der Waals surface area contributed by atoms with Gasteiger partial charge in [0.05, 0.1) is 5.69 Å². The Balaban J connectivity index is 1.95. The fourth-order valence-electron chi connectivity index (χ4n) is 3.81. The van der Waals surface area contributed by atoms with Crippen molar-refractivity contribution < 1.29 is 4.79 Å². The summed E-state index contributed by atoms with van der Waals surface area (Å²) in [7, 11) is 0. The van der Waals surface area contributed by atoms with Gasteiger partial charge in [0.25, 0.3) is 0 Å². The van der Waals surface area contributed by atoms with Gasteiger partial charge in [-0.2, -0.15) is 0 Å². The Morgan fingerprint density at radius 2 is 2.19 bits per heavy atom. The van der Waals surface area contributed by atoms with Crippen molar-refractivity contribution in [3.05, 3.63) is 46.7 Å². The molecule has 3 nitrogen and oxygen atoms in total. The lowest BCUT2D eigenvalue weighted by molar-refractivity contribution is 0.0875. The molecule has 5 rings (SSSR count). The SMILES string of the molecule is C/C=C1/CN2CC[C@@H]1C(=O)c1[nH]c3ccc(C)cc3c1C2. The molecule has 4 heterocycles. The summed E-state index contributed by atoms with van der Waals surface area (Å²) < 4.78 is 0. The molecule has 0 saturated carbocycles. The van der Waals surface area contributed by atoms with Crippen molar-refractivity contribution >= 4 is 16.7 Å².